The number of hydrogen-bond acceptors (Lipinski definition) is 6. The van der Waals surface area contributed by atoms with Crippen LogP contribution in [0.25, 0.3) is 0 Å². The van der Waals surface area contributed by atoms with E-state index in [2.05, 4.69) is 15.3 Å². The van der Waals surface area contributed by atoms with E-state index in [9.17, 15) is 9.90 Å². The first-order valence-corrected chi connectivity index (χ1v) is 6.92. The van der Waals surface area contributed by atoms with Crippen molar-refractivity contribution in [1.29, 1.82) is 0 Å². The Hall–Kier alpha value is -2.45. The monoisotopic (exact) mass is 312 g/mol. The van der Waals surface area contributed by atoms with E-state index in [1.54, 1.807) is 24.3 Å². The van der Waals surface area contributed by atoms with Crippen LogP contribution >= 0.6 is 0 Å². The predicted octanol–water partition coefficient (Wildman–Crippen LogP) is 0.110. The van der Waals surface area contributed by atoms with Crippen molar-refractivity contribution in [3.05, 3.63) is 42.2 Å². The third-order valence-corrected chi connectivity index (χ3v) is 3.31. The van der Waals surface area contributed by atoms with E-state index in [0.29, 0.717) is 17.0 Å². The molecule has 1 atom stereocenters. The average Bonchev–Trinajstić information content (AvgIpc) is 2.58. The molecule has 2 N–H and O–H groups in total. The Morgan fingerprint density at radius 2 is 1.96 bits per heavy atom. The number of amides is 1. The summed E-state index contributed by atoms with van der Waals surface area (Å²) in [5.74, 6) is -0.583. The number of benzene rings is 1. The molecular weight excluding hydrogens is 295 g/mol. The fourth-order valence-electron chi connectivity index (χ4n) is 1.97. The SMILES string of the molecule is [B]c1cnc(Nc2ccc(C(CO)C(=O)N(C)OC)cc2)nc1. The zero-order chi connectivity index (χ0) is 16.8. The van der Waals surface area contributed by atoms with Crippen LogP contribution in [0.4, 0.5) is 11.6 Å². The first-order valence-electron chi connectivity index (χ1n) is 6.92. The molecule has 2 rings (SSSR count). The summed E-state index contributed by atoms with van der Waals surface area (Å²) in [5, 5.41) is 13.6. The number of nitrogens with zero attached hydrogens (tertiary/aromatic N) is 3. The number of aliphatic hydroxyl groups excluding tert-OH is 1. The van der Waals surface area contributed by atoms with Crippen LogP contribution in [0.5, 0.6) is 0 Å². The summed E-state index contributed by atoms with van der Waals surface area (Å²) in [6.45, 7) is -0.305. The molecule has 2 radical (unpaired) electrons. The van der Waals surface area contributed by atoms with Gasteiger partial charge < -0.3 is 10.4 Å². The smallest absolute Gasteiger partial charge is 0.255 e. The van der Waals surface area contributed by atoms with Gasteiger partial charge in [-0.1, -0.05) is 17.6 Å². The number of aliphatic hydroxyl groups is 1. The van der Waals surface area contributed by atoms with Gasteiger partial charge in [0.1, 0.15) is 7.85 Å². The third-order valence-electron chi connectivity index (χ3n) is 3.31. The lowest BCUT2D eigenvalue weighted by atomic mass is 9.99. The van der Waals surface area contributed by atoms with Gasteiger partial charge in [0, 0.05) is 25.1 Å². The van der Waals surface area contributed by atoms with E-state index >= 15 is 0 Å². The average molecular weight is 312 g/mol. The van der Waals surface area contributed by atoms with Gasteiger partial charge in [-0.05, 0) is 17.7 Å². The number of aromatic nitrogens is 2. The standard InChI is InChI=1S/C15H17BN4O3/c1-20(23-2)14(22)13(9-21)10-3-5-12(6-4-10)19-15-17-7-11(16)8-18-15/h3-8,13,21H,9H2,1-2H3,(H,17,18,19). The highest BCUT2D eigenvalue weighted by molar-refractivity contribution is 6.31. The van der Waals surface area contributed by atoms with Gasteiger partial charge in [-0.2, -0.15) is 0 Å². The van der Waals surface area contributed by atoms with Crippen molar-refractivity contribution in [2.45, 2.75) is 5.92 Å². The number of nitrogens with one attached hydrogen (secondary N) is 1. The van der Waals surface area contributed by atoms with Gasteiger partial charge in [-0.15, -0.1) is 0 Å². The van der Waals surface area contributed by atoms with Crippen molar-refractivity contribution >= 4 is 30.9 Å². The second-order valence-electron chi connectivity index (χ2n) is 4.84. The second kappa shape index (κ2) is 7.71. The summed E-state index contributed by atoms with van der Waals surface area (Å²) in [6.07, 6.45) is 3.01. The van der Waals surface area contributed by atoms with E-state index in [1.807, 2.05) is 0 Å². The molecule has 8 heteroatoms. The molecule has 0 aliphatic carbocycles. The van der Waals surface area contributed by atoms with Gasteiger partial charge in [-0.3, -0.25) is 9.63 Å². The minimum absolute atomic E-state index is 0.305. The number of likely N-dealkylation sites (N-methyl/N-ethyl adjacent to an activating group) is 1. The van der Waals surface area contributed by atoms with Crippen LogP contribution in [-0.4, -0.2) is 54.7 Å². The summed E-state index contributed by atoms with van der Waals surface area (Å²) in [6, 6.07) is 7.05. The van der Waals surface area contributed by atoms with Gasteiger partial charge in [0.25, 0.3) is 5.91 Å². The predicted molar refractivity (Wildman–Crippen MR) is 86.8 cm³/mol. The number of carbonyl (C=O) groups is 1. The van der Waals surface area contributed by atoms with Crippen LogP contribution in [0.2, 0.25) is 0 Å². The minimum Gasteiger partial charge on any atom is -0.395 e. The van der Waals surface area contributed by atoms with Crippen molar-refractivity contribution in [3.63, 3.8) is 0 Å². The van der Waals surface area contributed by atoms with Gasteiger partial charge in [0.2, 0.25) is 5.95 Å². The molecule has 1 unspecified atom stereocenters. The van der Waals surface area contributed by atoms with Gasteiger partial charge >= 0.3 is 0 Å². The van der Waals surface area contributed by atoms with Crippen LogP contribution in [-0.2, 0) is 9.63 Å². The maximum Gasteiger partial charge on any atom is 0.255 e. The molecule has 23 heavy (non-hydrogen) atoms. The lowest BCUT2D eigenvalue weighted by Crippen LogP contribution is -2.32. The van der Waals surface area contributed by atoms with E-state index in [-0.39, 0.29) is 12.5 Å². The number of rotatable bonds is 6. The summed E-state index contributed by atoms with van der Waals surface area (Å²) in [4.78, 5) is 25.1. The molecule has 0 aliphatic rings. The Morgan fingerprint density at radius 3 is 2.48 bits per heavy atom. The molecule has 0 aliphatic heterocycles. The normalized spacial score (nSPS) is 11.8. The zero-order valence-corrected chi connectivity index (χ0v) is 12.9. The Morgan fingerprint density at radius 1 is 1.35 bits per heavy atom. The molecule has 1 aromatic heterocycles. The largest absolute Gasteiger partial charge is 0.395 e. The topological polar surface area (TPSA) is 87.6 Å². The van der Waals surface area contributed by atoms with Crippen LogP contribution in [0, 0.1) is 0 Å². The van der Waals surface area contributed by atoms with Crippen molar-refractivity contribution in [1.82, 2.24) is 15.0 Å². The highest BCUT2D eigenvalue weighted by Gasteiger charge is 2.23. The summed E-state index contributed by atoms with van der Waals surface area (Å²) in [7, 11) is 8.42. The lowest BCUT2D eigenvalue weighted by Gasteiger charge is -2.20. The molecule has 2 aromatic rings. The van der Waals surface area contributed by atoms with E-state index < -0.39 is 5.92 Å². The molecule has 118 valence electrons. The molecule has 1 amide bonds. The third kappa shape index (κ3) is 4.27. The Labute approximate surface area is 135 Å². The molecule has 0 saturated heterocycles. The van der Waals surface area contributed by atoms with Gasteiger partial charge in [0.15, 0.2) is 0 Å². The maximum absolute atomic E-state index is 12.1. The Bertz CT molecular complexity index is 649. The highest BCUT2D eigenvalue weighted by atomic mass is 16.7. The van der Waals surface area contributed by atoms with E-state index in [0.717, 1.165) is 10.8 Å². The van der Waals surface area contributed by atoms with Crippen molar-refractivity contribution in [3.8, 4) is 0 Å². The zero-order valence-electron chi connectivity index (χ0n) is 12.9. The molecule has 0 fully saturated rings. The van der Waals surface area contributed by atoms with Crippen LogP contribution in [0.15, 0.2) is 36.7 Å². The fourth-order valence-corrected chi connectivity index (χ4v) is 1.97. The highest BCUT2D eigenvalue weighted by Crippen LogP contribution is 2.21. The molecule has 1 aromatic carbocycles. The summed E-state index contributed by atoms with van der Waals surface area (Å²) in [5.41, 5.74) is 1.92. The molecule has 0 saturated carbocycles. The molecular formula is C15H17BN4O3. The molecule has 0 bridgehead atoms. The number of hydroxylamine groups is 2. The van der Waals surface area contributed by atoms with E-state index in [4.69, 9.17) is 12.7 Å². The number of hydrogen-bond donors (Lipinski definition) is 2. The first-order chi connectivity index (χ1) is 11.0. The van der Waals surface area contributed by atoms with Crippen LogP contribution < -0.4 is 10.8 Å². The first kappa shape index (κ1) is 16.9. The van der Waals surface area contributed by atoms with Crippen molar-refractivity contribution in [2.75, 3.05) is 26.1 Å². The van der Waals surface area contributed by atoms with Crippen molar-refractivity contribution in [2.24, 2.45) is 0 Å². The van der Waals surface area contributed by atoms with E-state index in [1.165, 1.54) is 26.6 Å². The quantitative estimate of drug-likeness (QED) is 0.581. The minimum atomic E-state index is -0.679. The maximum atomic E-state index is 12.1. The Balaban J connectivity index is 2.11. The number of anilines is 2. The molecule has 0 spiro atoms. The van der Waals surface area contributed by atoms with Crippen LogP contribution in [0.1, 0.15) is 11.5 Å². The molecule has 1 heterocycles. The van der Waals surface area contributed by atoms with Gasteiger partial charge in [-0.25, -0.2) is 15.0 Å². The summed E-state index contributed by atoms with van der Waals surface area (Å²) < 4.78 is 0. The van der Waals surface area contributed by atoms with Crippen molar-refractivity contribution < 1.29 is 14.7 Å². The summed E-state index contributed by atoms with van der Waals surface area (Å²) >= 11 is 0. The fraction of sp³-hybridized carbons (Fsp3) is 0.267. The lowest BCUT2D eigenvalue weighted by molar-refractivity contribution is -0.171. The number of carbonyl (C=O) groups excluding carboxylic acids is 1. The van der Waals surface area contributed by atoms with Gasteiger partial charge in [0.05, 0.1) is 19.6 Å². The molecule has 7 nitrogen and oxygen atoms in total. The van der Waals surface area contributed by atoms with Crippen LogP contribution in [0.3, 0.4) is 0 Å². The Kier molecular flexibility index (Phi) is 5.67. The second-order valence-corrected chi connectivity index (χ2v) is 4.84.